The Bertz CT molecular complexity index is 556. The molecule has 0 aliphatic heterocycles. The van der Waals surface area contributed by atoms with E-state index < -0.39 is 35.4 Å². The molecular formula is C13H12FNO4. The van der Waals surface area contributed by atoms with Gasteiger partial charge in [-0.1, -0.05) is 12.2 Å². The number of nitrogens with one attached hydrogen (secondary N) is 1. The second-order valence-electron chi connectivity index (χ2n) is 4.31. The zero-order valence-corrected chi connectivity index (χ0v) is 9.84. The molecule has 0 saturated carbocycles. The van der Waals surface area contributed by atoms with Crippen molar-refractivity contribution in [3.05, 3.63) is 41.7 Å². The lowest BCUT2D eigenvalue weighted by Crippen LogP contribution is -2.33. The molecule has 0 fully saturated rings. The number of phenols is 1. The Labute approximate surface area is 108 Å². The van der Waals surface area contributed by atoms with Crippen LogP contribution in [0.3, 0.4) is 0 Å². The first-order chi connectivity index (χ1) is 8.97. The third kappa shape index (κ3) is 2.90. The molecule has 1 aromatic rings. The lowest BCUT2D eigenvalue weighted by molar-refractivity contribution is -0.140. The lowest BCUT2D eigenvalue weighted by Gasteiger charge is -2.12. The van der Waals surface area contributed by atoms with Crippen LogP contribution in [0.4, 0.5) is 4.39 Å². The highest BCUT2D eigenvalue weighted by Gasteiger charge is 2.26. The highest BCUT2D eigenvalue weighted by molar-refractivity contribution is 5.97. The van der Waals surface area contributed by atoms with Crippen molar-refractivity contribution in [2.24, 2.45) is 5.92 Å². The SMILES string of the molecule is O=C(NC1C=CC(C(=O)O)C1)c1ccc(F)cc1O. The average molecular weight is 265 g/mol. The fraction of sp³-hybridized carbons (Fsp3) is 0.231. The largest absolute Gasteiger partial charge is 0.507 e. The number of carbonyl (C=O) groups excluding carboxylic acids is 1. The molecule has 3 N–H and O–H groups in total. The molecule has 1 aromatic carbocycles. The van der Waals surface area contributed by atoms with E-state index in [1.807, 2.05) is 0 Å². The van der Waals surface area contributed by atoms with E-state index in [-0.39, 0.29) is 12.0 Å². The molecule has 0 heterocycles. The van der Waals surface area contributed by atoms with Crippen LogP contribution in [0.2, 0.25) is 0 Å². The van der Waals surface area contributed by atoms with Gasteiger partial charge in [0.2, 0.25) is 0 Å². The molecular weight excluding hydrogens is 253 g/mol. The van der Waals surface area contributed by atoms with Crippen molar-refractivity contribution in [2.75, 3.05) is 0 Å². The summed E-state index contributed by atoms with van der Waals surface area (Å²) in [5.74, 6) is -3.22. The molecule has 2 unspecified atom stereocenters. The first-order valence-corrected chi connectivity index (χ1v) is 5.68. The van der Waals surface area contributed by atoms with Crippen LogP contribution < -0.4 is 5.32 Å². The van der Waals surface area contributed by atoms with Crippen LogP contribution in [0.1, 0.15) is 16.8 Å². The highest BCUT2D eigenvalue weighted by atomic mass is 19.1. The lowest BCUT2D eigenvalue weighted by atomic mass is 10.1. The molecule has 0 aromatic heterocycles. The fourth-order valence-electron chi connectivity index (χ4n) is 1.93. The number of carboxylic acids is 1. The number of benzene rings is 1. The summed E-state index contributed by atoms with van der Waals surface area (Å²) in [7, 11) is 0. The van der Waals surface area contributed by atoms with E-state index in [9.17, 15) is 19.1 Å². The smallest absolute Gasteiger partial charge is 0.310 e. The van der Waals surface area contributed by atoms with Crippen LogP contribution in [0, 0.1) is 11.7 Å². The Morgan fingerprint density at radius 1 is 1.32 bits per heavy atom. The summed E-state index contributed by atoms with van der Waals surface area (Å²) in [6.07, 6.45) is 3.37. The van der Waals surface area contributed by atoms with E-state index in [1.165, 1.54) is 12.1 Å². The standard InChI is InChI=1S/C13H12FNO4/c14-8-2-4-10(11(16)6-8)12(17)15-9-3-1-7(5-9)13(18)19/h1-4,6-7,9,16H,5H2,(H,15,17)(H,18,19). The highest BCUT2D eigenvalue weighted by Crippen LogP contribution is 2.21. The minimum absolute atomic E-state index is 0.0476. The van der Waals surface area contributed by atoms with Gasteiger partial charge in [0.05, 0.1) is 11.5 Å². The maximum atomic E-state index is 12.8. The zero-order valence-electron chi connectivity index (χ0n) is 9.84. The van der Waals surface area contributed by atoms with Gasteiger partial charge < -0.3 is 15.5 Å². The van der Waals surface area contributed by atoms with Gasteiger partial charge in [0.25, 0.3) is 5.91 Å². The number of amides is 1. The maximum Gasteiger partial charge on any atom is 0.310 e. The van der Waals surface area contributed by atoms with Crippen molar-refractivity contribution in [3.63, 3.8) is 0 Å². The summed E-state index contributed by atoms with van der Waals surface area (Å²) < 4.78 is 12.8. The molecule has 1 amide bonds. The monoisotopic (exact) mass is 265 g/mol. The van der Waals surface area contributed by atoms with E-state index in [4.69, 9.17) is 5.11 Å². The Morgan fingerprint density at radius 2 is 2.05 bits per heavy atom. The molecule has 6 heteroatoms. The minimum atomic E-state index is -0.947. The summed E-state index contributed by atoms with van der Waals surface area (Å²) in [5.41, 5.74) is -0.0476. The van der Waals surface area contributed by atoms with Gasteiger partial charge in [-0.25, -0.2) is 4.39 Å². The second kappa shape index (κ2) is 5.09. The molecule has 5 nitrogen and oxygen atoms in total. The molecule has 1 aliphatic rings. The summed E-state index contributed by atoms with van der Waals surface area (Å²) >= 11 is 0. The molecule has 2 rings (SSSR count). The molecule has 0 spiro atoms. The van der Waals surface area contributed by atoms with E-state index in [2.05, 4.69) is 5.32 Å². The van der Waals surface area contributed by atoms with Crippen LogP contribution in [0.5, 0.6) is 5.75 Å². The van der Waals surface area contributed by atoms with Crippen molar-refractivity contribution in [2.45, 2.75) is 12.5 Å². The number of aliphatic carboxylic acids is 1. The maximum absolute atomic E-state index is 12.8. The molecule has 100 valence electrons. The van der Waals surface area contributed by atoms with Crippen molar-refractivity contribution in [1.82, 2.24) is 5.32 Å². The van der Waals surface area contributed by atoms with Gasteiger partial charge in [-0.15, -0.1) is 0 Å². The molecule has 1 aliphatic carbocycles. The first-order valence-electron chi connectivity index (χ1n) is 5.68. The quantitative estimate of drug-likeness (QED) is 0.719. The number of hydrogen-bond donors (Lipinski definition) is 3. The van der Waals surface area contributed by atoms with E-state index in [0.29, 0.717) is 0 Å². The Kier molecular flexibility index (Phi) is 3.50. The summed E-state index contributed by atoms with van der Waals surface area (Å²) in [6, 6.07) is 2.68. The van der Waals surface area contributed by atoms with Crippen LogP contribution in [0.15, 0.2) is 30.4 Å². The Hall–Kier alpha value is -2.37. The van der Waals surface area contributed by atoms with E-state index >= 15 is 0 Å². The van der Waals surface area contributed by atoms with Crippen LogP contribution in [-0.4, -0.2) is 28.1 Å². The number of hydrogen-bond acceptors (Lipinski definition) is 3. The fourth-order valence-corrected chi connectivity index (χ4v) is 1.93. The minimum Gasteiger partial charge on any atom is -0.507 e. The third-order valence-corrected chi connectivity index (χ3v) is 2.92. The second-order valence-corrected chi connectivity index (χ2v) is 4.31. The van der Waals surface area contributed by atoms with Gasteiger partial charge in [-0.2, -0.15) is 0 Å². The number of phenolic OH excluding ortho intramolecular Hbond substituents is 1. The van der Waals surface area contributed by atoms with Crippen LogP contribution in [-0.2, 0) is 4.79 Å². The van der Waals surface area contributed by atoms with Gasteiger partial charge in [0.1, 0.15) is 11.6 Å². The summed E-state index contributed by atoms with van der Waals surface area (Å²) in [5, 5.41) is 20.8. The molecule has 0 radical (unpaired) electrons. The van der Waals surface area contributed by atoms with Crippen LogP contribution in [0.25, 0.3) is 0 Å². The van der Waals surface area contributed by atoms with Crippen molar-refractivity contribution >= 4 is 11.9 Å². The predicted molar refractivity (Wildman–Crippen MR) is 64.2 cm³/mol. The Morgan fingerprint density at radius 3 is 2.63 bits per heavy atom. The topological polar surface area (TPSA) is 86.6 Å². The number of aromatic hydroxyl groups is 1. The molecule has 2 atom stereocenters. The van der Waals surface area contributed by atoms with Crippen molar-refractivity contribution in [3.8, 4) is 5.75 Å². The van der Waals surface area contributed by atoms with Gasteiger partial charge in [0.15, 0.2) is 0 Å². The number of carboxylic acid groups (broad SMARTS) is 1. The number of carbonyl (C=O) groups is 2. The Balaban J connectivity index is 2.03. The average Bonchev–Trinajstić information content (AvgIpc) is 2.77. The van der Waals surface area contributed by atoms with E-state index in [1.54, 1.807) is 6.08 Å². The van der Waals surface area contributed by atoms with E-state index in [0.717, 1.165) is 12.1 Å². The van der Waals surface area contributed by atoms with Gasteiger partial charge >= 0.3 is 5.97 Å². The zero-order chi connectivity index (χ0) is 14.0. The summed E-state index contributed by atoms with van der Waals surface area (Å²) in [6.45, 7) is 0. The number of rotatable bonds is 3. The van der Waals surface area contributed by atoms with Crippen LogP contribution >= 0.6 is 0 Å². The van der Waals surface area contributed by atoms with Gasteiger partial charge in [-0.05, 0) is 18.6 Å². The number of halogens is 1. The molecule has 0 bridgehead atoms. The molecule has 0 saturated heterocycles. The van der Waals surface area contributed by atoms with Gasteiger partial charge in [0, 0.05) is 12.1 Å². The summed E-state index contributed by atoms with van der Waals surface area (Å²) in [4.78, 5) is 22.6. The normalized spacial score (nSPS) is 21.3. The molecule has 19 heavy (non-hydrogen) atoms. The van der Waals surface area contributed by atoms with Crippen molar-refractivity contribution in [1.29, 1.82) is 0 Å². The third-order valence-electron chi connectivity index (χ3n) is 2.92. The first kappa shape index (κ1) is 13.1. The van der Waals surface area contributed by atoms with Crippen molar-refractivity contribution < 1.29 is 24.2 Å². The van der Waals surface area contributed by atoms with Gasteiger partial charge in [-0.3, -0.25) is 9.59 Å². The predicted octanol–water partition coefficient (Wildman–Crippen LogP) is 1.29.